The summed E-state index contributed by atoms with van der Waals surface area (Å²) < 4.78 is 31.7. The fourth-order valence-corrected chi connectivity index (χ4v) is 5.19. The Morgan fingerprint density at radius 1 is 1.00 bits per heavy atom. The van der Waals surface area contributed by atoms with Crippen LogP contribution in [0.2, 0.25) is 0 Å². The lowest BCUT2D eigenvalue weighted by Gasteiger charge is -2.18. The number of hydrogen-bond donors (Lipinski definition) is 2. The van der Waals surface area contributed by atoms with Crippen LogP contribution >= 0.6 is 24.0 Å². The van der Waals surface area contributed by atoms with Crippen molar-refractivity contribution in [2.24, 2.45) is 5.14 Å². The Hall–Kier alpha value is -1.61. The third kappa shape index (κ3) is 9.65. The number of nitrogens with one attached hydrogen (secondary N) is 1. The summed E-state index contributed by atoms with van der Waals surface area (Å²) in [6.45, 7) is 5.00. The maximum Gasteiger partial charge on any atom is 0.241 e. The fraction of sp³-hybridized carbons (Fsp3) is 0.480. The van der Waals surface area contributed by atoms with Crippen molar-refractivity contribution in [1.82, 2.24) is 0 Å². The van der Waals surface area contributed by atoms with Crippen LogP contribution in [0.15, 0.2) is 47.4 Å². The molecule has 8 heteroatoms. The summed E-state index contributed by atoms with van der Waals surface area (Å²) in [6.07, 6.45) is 9.27. The van der Waals surface area contributed by atoms with E-state index >= 15 is 0 Å². The third-order valence-electron chi connectivity index (χ3n) is 5.14. The quantitative estimate of drug-likeness (QED) is 0.197. The molecule has 0 saturated heterocycles. The molecule has 0 radical (unpaired) electrons. The van der Waals surface area contributed by atoms with Crippen molar-refractivity contribution >= 4 is 43.9 Å². The van der Waals surface area contributed by atoms with Crippen molar-refractivity contribution in [2.45, 2.75) is 70.1 Å². The minimum Gasteiger partial charge on any atom is -0.454 e. The number of benzene rings is 2. The molecular weight excluding hydrogens is 472 g/mol. The molecule has 0 aliphatic rings. The summed E-state index contributed by atoms with van der Waals surface area (Å²) in [6, 6.07) is 12.5. The van der Waals surface area contributed by atoms with Crippen LogP contribution in [0.1, 0.15) is 70.8 Å². The number of thioether (sulfide) groups is 1. The Balaban J connectivity index is 2.26. The summed E-state index contributed by atoms with van der Waals surface area (Å²) in [4.78, 5) is -0.0645. The number of ether oxygens (including phenoxy) is 1. The monoisotopic (exact) mass is 508 g/mol. The number of thiocarbonyl (C=S) groups is 1. The lowest BCUT2D eigenvalue weighted by molar-refractivity contribution is 0.469. The number of para-hydroxylation sites is 1. The van der Waals surface area contributed by atoms with Gasteiger partial charge in [-0.1, -0.05) is 82.8 Å². The molecule has 0 bridgehead atoms. The van der Waals surface area contributed by atoms with Gasteiger partial charge in [-0.15, -0.1) is 11.8 Å². The Morgan fingerprint density at radius 2 is 1.67 bits per heavy atom. The van der Waals surface area contributed by atoms with E-state index in [1.54, 1.807) is 23.9 Å². The van der Waals surface area contributed by atoms with Gasteiger partial charge in [0.05, 0.1) is 9.88 Å². The molecule has 0 atom stereocenters. The van der Waals surface area contributed by atoms with Crippen LogP contribution in [-0.2, 0) is 10.0 Å². The largest absolute Gasteiger partial charge is 0.454 e. The zero-order chi connectivity index (χ0) is 24.1. The third-order valence-corrected chi connectivity index (χ3v) is 7.63. The molecule has 0 amide bonds. The molecule has 0 fully saturated rings. The molecule has 0 unspecified atom stereocenters. The average molecular weight is 509 g/mol. The molecule has 2 aromatic rings. The van der Waals surface area contributed by atoms with E-state index in [1.807, 2.05) is 24.3 Å². The van der Waals surface area contributed by atoms with Crippen molar-refractivity contribution < 1.29 is 13.2 Å². The number of nitrogens with two attached hydrogens (primary N) is 1. The Kier molecular flexibility index (Phi) is 12.2. The van der Waals surface area contributed by atoms with Crippen LogP contribution in [0.5, 0.6) is 11.5 Å². The first-order valence-corrected chi connectivity index (χ1v) is 14.7. The van der Waals surface area contributed by atoms with Gasteiger partial charge in [-0.25, -0.2) is 13.6 Å². The van der Waals surface area contributed by atoms with E-state index in [1.165, 1.54) is 38.2 Å². The number of unbranched alkanes of at least 4 members (excludes halogenated alkanes) is 6. The van der Waals surface area contributed by atoms with E-state index in [9.17, 15) is 8.42 Å². The molecule has 0 heterocycles. The molecular formula is C25H36N2O3S3. The van der Waals surface area contributed by atoms with Crippen LogP contribution < -0.4 is 15.2 Å². The van der Waals surface area contributed by atoms with Crippen LogP contribution in [0.4, 0.5) is 5.69 Å². The topological polar surface area (TPSA) is 81.4 Å². The zero-order valence-corrected chi connectivity index (χ0v) is 22.1. The van der Waals surface area contributed by atoms with Gasteiger partial charge in [0, 0.05) is 12.1 Å². The Bertz CT molecular complexity index is 980. The molecule has 182 valence electrons. The van der Waals surface area contributed by atoms with E-state index in [0.717, 1.165) is 25.0 Å². The highest BCUT2D eigenvalue weighted by Crippen LogP contribution is 2.38. The molecule has 2 rings (SSSR count). The average Bonchev–Trinajstić information content (AvgIpc) is 2.79. The lowest BCUT2D eigenvalue weighted by atomic mass is 10.1. The lowest BCUT2D eigenvalue weighted by Crippen LogP contribution is -2.16. The van der Waals surface area contributed by atoms with E-state index in [2.05, 4.69) is 19.2 Å². The molecule has 33 heavy (non-hydrogen) atoms. The maximum absolute atomic E-state index is 12.5. The standard InChI is InChI=1S/C25H36N2O3S3/c1-3-5-7-8-9-13-17-32-25(31)20-18-22(27-16-6-4-2)24(23(19-20)33(26,28)29)30-21-14-11-10-12-15-21/h10-12,14-15,18-19,27H,3-9,13,16-17H2,1-2H3,(H2,26,28,29). The van der Waals surface area contributed by atoms with E-state index in [0.29, 0.717) is 27.7 Å². The fourth-order valence-electron chi connectivity index (χ4n) is 3.30. The predicted molar refractivity (Wildman–Crippen MR) is 145 cm³/mol. The highest BCUT2D eigenvalue weighted by molar-refractivity contribution is 8.23. The van der Waals surface area contributed by atoms with Crippen LogP contribution in [0.25, 0.3) is 0 Å². The van der Waals surface area contributed by atoms with E-state index in [4.69, 9.17) is 22.1 Å². The first-order valence-electron chi connectivity index (χ1n) is 11.7. The Labute approximate surface area is 208 Å². The van der Waals surface area contributed by atoms with Crippen LogP contribution in [0.3, 0.4) is 0 Å². The van der Waals surface area contributed by atoms with Gasteiger partial charge in [-0.2, -0.15) is 0 Å². The van der Waals surface area contributed by atoms with Crippen LogP contribution in [0, 0.1) is 0 Å². The second-order valence-corrected chi connectivity index (χ2v) is 11.3. The van der Waals surface area contributed by atoms with E-state index in [-0.39, 0.29) is 10.6 Å². The van der Waals surface area contributed by atoms with Gasteiger partial charge in [0.25, 0.3) is 0 Å². The number of hydrogen-bond acceptors (Lipinski definition) is 6. The molecule has 2 aromatic carbocycles. The van der Waals surface area contributed by atoms with Gasteiger partial charge in [0.15, 0.2) is 5.75 Å². The maximum atomic E-state index is 12.5. The first kappa shape index (κ1) is 27.6. The minimum absolute atomic E-state index is 0.0645. The molecule has 5 nitrogen and oxygen atoms in total. The van der Waals surface area contributed by atoms with Crippen molar-refractivity contribution in [2.75, 3.05) is 17.6 Å². The smallest absolute Gasteiger partial charge is 0.241 e. The van der Waals surface area contributed by atoms with Crippen molar-refractivity contribution in [3.8, 4) is 11.5 Å². The number of primary sulfonamides is 1. The molecule has 0 spiro atoms. The van der Waals surface area contributed by atoms with Gasteiger partial charge >= 0.3 is 0 Å². The normalized spacial score (nSPS) is 11.4. The molecule has 0 saturated carbocycles. The molecule has 0 aliphatic carbocycles. The van der Waals surface area contributed by atoms with Gasteiger partial charge in [0.2, 0.25) is 10.0 Å². The van der Waals surface area contributed by atoms with Crippen molar-refractivity contribution in [3.05, 3.63) is 48.0 Å². The van der Waals surface area contributed by atoms with Crippen molar-refractivity contribution in [1.29, 1.82) is 0 Å². The predicted octanol–water partition coefficient (Wildman–Crippen LogP) is 7.11. The second kappa shape index (κ2) is 14.6. The van der Waals surface area contributed by atoms with Crippen LogP contribution in [-0.4, -0.2) is 24.9 Å². The SMILES string of the molecule is CCCCCCCCSC(=S)c1cc(NCCCC)c(Oc2ccccc2)c(S(N)(=O)=O)c1. The molecule has 3 N–H and O–H groups in total. The summed E-state index contributed by atoms with van der Waals surface area (Å²) in [5, 5.41) is 8.92. The van der Waals surface area contributed by atoms with Gasteiger partial charge < -0.3 is 10.1 Å². The number of rotatable bonds is 15. The minimum atomic E-state index is -4.03. The summed E-state index contributed by atoms with van der Waals surface area (Å²) in [7, 11) is -4.03. The summed E-state index contributed by atoms with van der Waals surface area (Å²) >= 11 is 7.24. The first-order chi connectivity index (χ1) is 15.9. The van der Waals surface area contributed by atoms with Gasteiger partial charge in [-0.3, -0.25) is 0 Å². The number of sulfonamides is 1. The number of anilines is 1. The molecule has 0 aliphatic heterocycles. The zero-order valence-electron chi connectivity index (χ0n) is 19.6. The van der Waals surface area contributed by atoms with Gasteiger partial charge in [-0.05, 0) is 42.9 Å². The second-order valence-electron chi connectivity index (χ2n) is 8.00. The Morgan fingerprint density at radius 3 is 2.33 bits per heavy atom. The van der Waals surface area contributed by atoms with Gasteiger partial charge in [0.1, 0.15) is 10.6 Å². The summed E-state index contributed by atoms with van der Waals surface area (Å²) in [5.41, 5.74) is 1.25. The van der Waals surface area contributed by atoms with Crippen molar-refractivity contribution in [3.63, 3.8) is 0 Å². The highest BCUT2D eigenvalue weighted by Gasteiger charge is 2.23. The van der Waals surface area contributed by atoms with E-state index < -0.39 is 10.0 Å². The summed E-state index contributed by atoms with van der Waals surface area (Å²) in [5.74, 6) is 1.65. The highest BCUT2D eigenvalue weighted by atomic mass is 32.2. The molecule has 0 aromatic heterocycles.